The number of halogens is 1. The van der Waals surface area contributed by atoms with Crippen LogP contribution in [0.2, 0.25) is 5.02 Å². The highest BCUT2D eigenvalue weighted by atomic mass is 35.5. The summed E-state index contributed by atoms with van der Waals surface area (Å²) >= 11 is 8.63. The molecule has 25 heavy (non-hydrogen) atoms. The monoisotopic (exact) mass is 390 g/mol. The second kappa shape index (κ2) is 7.70. The Bertz CT molecular complexity index is 934. The number of carbonyl (C=O) groups is 1. The molecule has 1 N–H and O–H groups in total. The lowest BCUT2D eigenvalue weighted by Crippen LogP contribution is -2.22. The summed E-state index contributed by atoms with van der Waals surface area (Å²) in [4.78, 5) is 13.2. The standard InChI is InChI=1S/C16H11ClN4O2S2/c1-9(14(22)19-11-5-4-10(8-18)12(17)7-11)25-16-21-20-15(23-16)13-3-2-6-24-13/h2-7,9H,1H3,(H,19,22)/t9-/m0/s1. The van der Waals surface area contributed by atoms with E-state index in [1.807, 2.05) is 23.6 Å². The minimum atomic E-state index is -0.453. The summed E-state index contributed by atoms with van der Waals surface area (Å²) < 4.78 is 5.56. The van der Waals surface area contributed by atoms with E-state index in [9.17, 15) is 4.79 Å². The third-order valence-electron chi connectivity index (χ3n) is 3.14. The number of nitrogens with zero attached hydrogens (tertiary/aromatic N) is 3. The number of hydrogen-bond acceptors (Lipinski definition) is 7. The zero-order valence-corrected chi connectivity index (χ0v) is 15.3. The van der Waals surface area contributed by atoms with Gasteiger partial charge >= 0.3 is 0 Å². The van der Waals surface area contributed by atoms with Crippen LogP contribution in [0.15, 0.2) is 45.4 Å². The van der Waals surface area contributed by atoms with Crippen molar-refractivity contribution in [1.82, 2.24) is 10.2 Å². The third-order valence-corrected chi connectivity index (χ3v) is 5.25. The molecule has 0 fully saturated rings. The molecule has 0 spiro atoms. The van der Waals surface area contributed by atoms with Gasteiger partial charge in [0, 0.05) is 5.69 Å². The van der Waals surface area contributed by atoms with Gasteiger partial charge in [0.25, 0.3) is 11.1 Å². The molecule has 1 atom stereocenters. The van der Waals surface area contributed by atoms with Crippen molar-refractivity contribution in [2.45, 2.75) is 17.4 Å². The number of benzene rings is 1. The van der Waals surface area contributed by atoms with E-state index in [-0.39, 0.29) is 10.9 Å². The molecule has 0 radical (unpaired) electrons. The van der Waals surface area contributed by atoms with Gasteiger partial charge in [-0.3, -0.25) is 4.79 Å². The van der Waals surface area contributed by atoms with Gasteiger partial charge in [0.1, 0.15) is 6.07 Å². The summed E-state index contributed by atoms with van der Waals surface area (Å²) in [6.07, 6.45) is 0. The zero-order valence-electron chi connectivity index (χ0n) is 12.9. The Hall–Kier alpha value is -2.34. The predicted molar refractivity (Wildman–Crippen MR) is 97.7 cm³/mol. The van der Waals surface area contributed by atoms with Crippen molar-refractivity contribution in [3.05, 3.63) is 46.3 Å². The molecule has 0 saturated heterocycles. The first-order valence-electron chi connectivity index (χ1n) is 7.11. The highest BCUT2D eigenvalue weighted by Crippen LogP contribution is 2.29. The Labute approximate surface area is 156 Å². The van der Waals surface area contributed by atoms with E-state index in [1.54, 1.807) is 19.1 Å². The predicted octanol–water partition coefficient (Wildman–Crippen LogP) is 4.44. The van der Waals surface area contributed by atoms with Gasteiger partial charge in [-0.2, -0.15) is 5.26 Å². The van der Waals surface area contributed by atoms with E-state index in [0.29, 0.717) is 22.4 Å². The van der Waals surface area contributed by atoms with Crippen LogP contribution in [-0.4, -0.2) is 21.4 Å². The molecule has 2 heterocycles. The molecule has 0 aliphatic rings. The molecule has 0 saturated carbocycles. The molecule has 2 aromatic heterocycles. The molecule has 0 aliphatic carbocycles. The third kappa shape index (κ3) is 4.20. The minimum absolute atomic E-state index is 0.235. The summed E-state index contributed by atoms with van der Waals surface area (Å²) in [7, 11) is 0. The van der Waals surface area contributed by atoms with Crippen molar-refractivity contribution in [3.8, 4) is 16.8 Å². The van der Waals surface area contributed by atoms with Crippen LogP contribution >= 0.6 is 34.7 Å². The lowest BCUT2D eigenvalue weighted by atomic mass is 10.2. The normalized spacial score (nSPS) is 11.7. The fourth-order valence-corrected chi connectivity index (χ4v) is 3.44. The van der Waals surface area contributed by atoms with Gasteiger partial charge < -0.3 is 9.73 Å². The number of carbonyl (C=O) groups excluding carboxylic acids is 1. The molecule has 0 unspecified atom stereocenters. The number of aromatic nitrogens is 2. The molecular weight excluding hydrogens is 380 g/mol. The average molecular weight is 391 g/mol. The lowest BCUT2D eigenvalue weighted by molar-refractivity contribution is -0.115. The maximum Gasteiger partial charge on any atom is 0.277 e. The van der Waals surface area contributed by atoms with Crippen LogP contribution in [0.1, 0.15) is 12.5 Å². The summed E-state index contributed by atoms with van der Waals surface area (Å²) in [5, 5.41) is 21.6. The number of anilines is 1. The van der Waals surface area contributed by atoms with Crippen molar-refractivity contribution in [2.24, 2.45) is 0 Å². The van der Waals surface area contributed by atoms with Crippen molar-refractivity contribution in [3.63, 3.8) is 0 Å². The second-order valence-electron chi connectivity index (χ2n) is 4.91. The molecule has 1 amide bonds. The Morgan fingerprint density at radius 1 is 1.44 bits per heavy atom. The lowest BCUT2D eigenvalue weighted by Gasteiger charge is -2.10. The van der Waals surface area contributed by atoms with Crippen LogP contribution in [0.5, 0.6) is 0 Å². The van der Waals surface area contributed by atoms with Crippen molar-refractivity contribution in [1.29, 1.82) is 5.26 Å². The van der Waals surface area contributed by atoms with Crippen LogP contribution in [0.3, 0.4) is 0 Å². The fraction of sp³-hybridized carbons (Fsp3) is 0.125. The Kier molecular flexibility index (Phi) is 5.38. The van der Waals surface area contributed by atoms with Gasteiger partial charge in [-0.05, 0) is 36.6 Å². The Morgan fingerprint density at radius 3 is 2.96 bits per heavy atom. The summed E-state index contributed by atoms with van der Waals surface area (Å²) in [5.41, 5.74) is 0.875. The zero-order chi connectivity index (χ0) is 17.8. The molecule has 9 heteroatoms. The van der Waals surface area contributed by atoms with E-state index >= 15 is 0 Å². The molecule has 3 aromatic rings. The maximum absolute atomic E-state index is 12.3. The summed E-state index contributed by atoms with van der Waals surface area (Å²) in [6.45, 7) is 1.74. The molecule has 1 aromatic carbocycles. The van der Waals surface area contributed by atoms with Crippen LogP contribution in [-0.2, 0) is 4.79 Å². The van der Waals surface area contributed by atoms with Gasteiger partial charge in [0.15, 0.2) is 0 Å². The Balaban J connectivity index is 1.63. The SMILES string of the molecule is C[C@H](Sc1nnc(-c2cccs2)o1)C(=O)Nc1ccc(C#N)c(Cl)c1. The number of rotatable bonds is 5. The van der Waals surface area contributed by atoms with Crippen molar-refractivity contribution < 1.29 is 9.21 Å². The van der Waals surface area contributed by atoms with E-state index in [2.05, 4.69) is 15.5 Å². The van der Waals surface area contributed by atoms with Gasteiger partial charge in [-0.1, -0.05) is 29.4 Å². The first-order valence-corrected chi connectivity index (χ1v) is 9.25. The number of nitriles is 1. The molecular formula is C16H11ClN4O2S2. The largest absolute Gasteiger partial charge is 0.410 e. The van der Waals surface area contributed by atoms with Crippen molar-refractivity contribution >= 4 is 46.3 Å². The van der Waals surface area contributed by atoms with Gasteiger partial charge in [-0.25, -0.2) is 0 Å². The van der Waals surface area contributed by atoms with E-state index in [0.717, 1.165) is 4.88 Å². The molecule has 126 valence electrons. The van der Waals surface area contributed by atoms with Gasteiger partial charge in [-0.15, -0.1) is 21.5 Å². The van der Waals surface area contributed by atoms with E-state index < -0.39 is 5.25 Å². The number of nitrogens with one attached hydrogen (secondary N) is 1. The van der Waals surface area contributed by atoms with Crippen LogP contribution in [0, 0.1) is 11.3 Å². The topological polar surface area (TPSA) is 91.8 Å². The van der Waals surface area contributed by atoms with Crippen LogP contribution < -0.4 is 5.32 Å². The molecule has 0 aliphatic heterocycles. The highest BCUT2D eigenvalue weighted by Gasteiger charge is 2.19. The summed E-state index contributed by atoms with van der Waals surface area (Å²) in [5.74, 6) is 0.200. The average Bonchev–Trinajstić information content (AvgIpc) is 3.26. The van der Waals surface area contributed by atoms with Crippen LogP contribution in [0.25, 0.3) is 10.8 Å². The molecule has 3 rings (SSSR count). The first-order chi connectivity index (χ1) is 12.1. The van der Waals surface area contributed by atoms with Gasteiger partial charge in [0.05, 0.1) is 20.7 Å². The number of amides is 1. The number of thiophene rings is 1. The molecule has 0 bridgehead atoms. The number of hydrogen-bond donors (Lipinski definition) is 1. The number of thioether (sulfide) groups is 1. The quantitative estimate of drug-likeness (QED) is 0.647. The fourth-order valence-electron chi connectivity index (χ4n) is 1.89. The van der Waals surface area contributed by atoms with E-state index in [4.69, 9.17) is 21.3 Å². The summed E-state index contributed by atoms with van der Waals surface area (Å²) in [6, 6.07) is 10.5. The van der Waals surface area contributed by atoms with Gasteiger partial charge in [0.2, 0.25) is 5.91 Å². The molecule has 6 nitrogen and oxygen atoms in total. The Morgan fingerprint density at radius 2 is 2.28 bits per heavy atom. The second-order valence-corrected chi connectivity index (χ2v) is 7.55. The first kappa shape index (κ1) is 17.5. The maximum atomic E-state index is 12.3. The van der Waals surface area contributed by atoms with E-state index in [1.165, 1.54) is 29.2 Å². The van der Waals surface area contributed by atoms with Crippen LogP contribution in [0.4, 0.5) is 5.69 Å². The van der Waals surface area contributed by atoms with Crippen molar-refractivity contribution in [2.75, 3.05) is 5.32 Å². The minimum Gasteiger partial charge on any atom is -0.410 e. The smallest absolute Gasteiger partial charge is 0.277 e. The highest BCUT2D eigenvalue weighted by molar-refractivity contribution is 8.00.